The first-order valence-corrected chi connectivity index (χ1v) is 33.8. The number of allylic oxidation sites excluding steroid dienone is 19. The molecular formula is C72H121NO13. The lowest BCUT2D eigenvalue weighted by Gasteiger charge is -2.46. The first kappa shape index (κ1) is 78.5. The van der Waals surface area contributed by atoms with Crippen LogP contribution in [-0.2, 0) is 23.7 Å². The molecule has 0 radical (unpaired) electrons. The van der Waals surface area contributed by atoms with Gasteiger partial charge < -0.3 is 65.1 Å². The quantitative estimate of drug-likeness (QED) is 0.0204. The first-order valence-electron chi connectivity index (χ1n) is 33.8. The summed E-state index contributed by atoms with van der Waals surface area (Å²) in [6.07, 6.45) is 64.3. The molecule has 12 atom stereocenters. The Bertz CT molecular complexity index is 1910. The van der Waals surface area contributed by atoms with E-state index in [1.807, 2.05) is 6.08 Å². The lowest BCUT2D eigenvalue weighted by atomic mass is 9.97. The van der Waals surface area contributed by atoms with Crippen LogP contribution < -0.4 is 5.32 Å². The second kappa shape index (κ2) is 55.5. The molecule has 0 aromatic carbocycles. The predicted octanol–water partition coefficient (Wildman–Crippen LogP) is 13.3. The Morgan fingerprint density at radius 1 is 0.430 bits per heavy atom. The van der Waals surface area contributed by atoms with Crippen molar-refractivity contribution in [2.24, 2.45) is 0 Å². The second-order valence-corrected chi connectivity index (χ2v) is 23.2. The molecule has 0 spiro atoms. The SMILES string of the molecule is CC/C=C\C/C=C\C/C=C\C/C=C\C/C=C\C/C=C\C/C=C\CCCCCCCCCCCCCCCCCCCCCC(=O)NC(COC1OC(CO)C(OC2OC(CO)C(O)C(O)C2O)C(O)C1O)C(O)/C=C/CC/C=C/CC/C=C/CCC. The van der Waals surface area contributed by atoms with Crippen LogP contribution in [0.15, 0.2) is 122 Å². The highest BCUT2D eigenvalue weighted by Crippen LogP contribution is 2.30. The molecule has 0 saturated carbocycles. The normalized spacial score (nSPS) is 24.2. The molecule has 0 aromatic heterocycles. The molecule has 2 saturated heterocycles. The van der Waals surface area contributed by atoms with Crippen molar-refractivity contribution in [2.45, 2.75) is 306 Å². The Morgan fingerprint density at radius 2 is 0.814 bits per heavy atom. The van der Waals surface area contributed by atoms with Gasteiger partial charge in [0.15, 0.2) is 12.6 Å². The fourth-order valence-corrected chi connectivity index (χ4v) is 10.3. The maximum absolute atomic E-state index is 13.3. The summed E-state index contributed by atoms with van der Waals surface area (Å²) in [4.78, 5) is 13.3. The number of nitrogens with one attached hydrogen (secondary N) is 1. The van der Waals surface area contributed by atoms with Crippen LogP contribution in [0.2, 0.25) is 0 Å². The van der Waals surface area contributed by atoms with E-state index in [1.165, 1.54) is 103 Å². The standard InChI is InChI=1S/C72H121NO13/c1-3-5-7-9-11-13-15-16-17-18-19-20-21-22-23-24-25-26-27-28-29-30-31-32-33-34-35-36-37-38-39-40-41-42-43-44-46-48-50-52-54-56-64(77)73-60(61(76)55-53-51-49-47-45-14-12-10-8-6-4-2)59-83-71-69(82)67(80)70(63(58-75)85-71)86-72-68(81)66(79)65(78)62(57-74)84-72/h5,7-8,10-11,13,16-17,19-20,22-23,25-26,28-29,45,47,53,55,60-63,65-72,74-76,78-82H,3-4,6,9,12,14-15,18,21,24,27,30-44,46,48-52,54,56-59H2,1-2H3,(H,73,77)/b7-5-,10-8+,13-11-,17-16-,20-19-,23-22-,26-25-,29-28-,47-45+,55-53+. The lowest BCUT2D eigenvalue weighted by molar-refractivity contribution is -0.359. The number of ether oxygens (including phenoxy) is 4. The molecule has 14 nitrogen and oxygen atoms in total. The van der Waals surface area contributed by atoms with Crippen LogP contribution in [0.3, 0.4) is 0 Å². The van der Waals surface area contributed by atoms with Crippen LogP contribution in [0, 0.1) is 0 Å². The minimum atomic E-state index is -1.80. The van der Waals surface area contributed by atoms with Gasteiger partial charge in [0.1, 0.15) is 48.8 Å². The molecule has 0 aliphatic carbocycles. The predicted molar refractivity (Wildman–Crippen MR) is 350 cm³/mol. The largest absolute Gasteiger partial charge is 0.394 e. The highest BCUT2D eigenvalue weighted by molar-refractivity contribution is 5.76. The third-order valence-corrected chi connectivity index (χ3v) is 15.6. The van der Waals surface area contributed by atoms with Gasteiger partial charge in [0.2, 0.25) is 5.91 Å². The molecule has 2 heterocycles. The zero-order valence-electron chi connectivity index (χ0n) is 53.3. The fourth-order valence-electron chi connectivity index (χ4n) is 10.3. The average Bonchev–Trinajstić information content (AvgIpc) is 1.60. The summed E-state index contributed by atoms with van der Waals surface area (Å²) in [5.41, 5.74) is 0. The second-order valence-electron chi connectivity index (χ2n) is 23.2. The molecule has 2 aliphatic rings. The Hall–Kier alpha value is -3.61. The van der Waals surface area contributed by atoms with Gasteiger partial charge in [0, 0.05) is 6.42 Å². The van der Waals surface area contributed by atoms with E-state index in [4.69, 9.17) is 18.9 Å². The lowest BCUT2D eigenvalue weighted by Crippen LogP contribution is -2.65. The number of carbonyl (C=O) groups is 1. The Morgan fingerprint density at radius 3 is 1.27 bits per heavy atom. The van der Waals surface area contributed by atoms with Gasteiger partial charge in [0.25, 0.3) is 0 Å². The van der Waals surface area contributed by atoms with Crippen LogP contribution in [-0.4, -0.2) is 140 Å². The van der Waals surface area contributed by atoms with E-state index in [1.54, 1.807) is 6.08 Å². The number of unbranched alkanes of at least 4 members (excludes halogenated alkanes) is 22. The topological polar surface area (TPSA) is 228 Å². The molecule has 86 heavy (non-hydrogen) atoms. The van der Waals surface area contributed by atoms with E-state index < -0.39 is 86.8 Å². The molecule has 2 fully saturated rings. The zero-order valence-corrected chi connectivity index (χ0v) is 53.3. The van der Waals surface area contributed by atoms with E-state index in [2.05, 4.69) is 129 Å². The zero-order chi connectivity index (χ0) is 62.3. The smallest absolute Gasteiger partial charge is 0.220 e. The van der Waals surface area contributed by atoms with Crippen LogP contribution >= 0.6 is 0 Å². The number of carbonyl (C=O) groups excluding carboxylic acids is 1. The van der Waals surface area contributed by atoms with Crippen LogP contribution in [0.1, 0.15) is 232 Å². The number of amides is 1. The third kappa shape index (κ3) is 39.4. The van der Waals surface area contributed by atoms with Gasteiger partial charge >= 0.3 is 0 Å². The van der Waals surface area contributed by atoms with E-state index in [-0.39, 0.29) is 18.9 Å². The average molecular weight is 1210 g/mol. The van der Waals surface area contributed by atoms with E-state index in [0.717, 1.165) is 96.3 Å². The Balaban J connectivity index is 1.55. The number of rotatable bonds is 53. The summed E-state index contributed by atoms with van der Waals surface area (Å²) in [7, 11) is 0. The maximum Gasteiger partial charge on any atom is 0.220 e. The molecule has 0 aromatic rings. The molecule has 2 aliphatic heterocycles. The van der Waals surface area contributed by atoms with Gasteiger partial charge in [-0.1, -0.05) is 251 Å². The Labute approximate surface area is 520 Å². The minimum absolute atomic E-state index is 0.257. The first-order chi connectivity index (χ1) is 42.1. The number of aliphatic hydroxyl groups is 8. The summed E-state index contributed by atoms with van der Waals surface area (Å²) >= 11 is 0. The molecule has 0 bridgehead atoms. The van der Waals surface area contributed by atoms with Crippen molar-refractivity contribution in [3.63, 3.8) is 0 Å². The van der Waals surface area contributed by atoms with Crippen molar-refractivity contribution < 1.29 is 64.6 Å². The third-order valence-electron chi connectivity index (χ3n) is 15.6. The highest BCUT2D eigenvalue weighted by atomic mass is 16.7. The van der Waals surface area contributed by atoms with Gasteiger partial charge in [-0.05, 0) is 96.3 Å². The Kier molecular flexibility index (Phi) is 50.6. The maximum atomic E-state index is 13.3. The highest BCUT2D eigenvalue weighted by Gasteiger charge is 2.51. The molecule has 14 heteroatoms. The summed E-state index contributed by atoms with van der Waals surface area (Å²) in [6.45, 7) is 2.56. The monoisotopic (exact) mass is 1210 g/mol. The fraction of sp³-hybridized carbons (Fsp3) is 0.708. The van der Waals surface area contributed by atoms with Crippen molar-refractivity contribution >= 4 is 5.91 Å². The number of aliphatic hydroxyl groups excluding tert-OH is 8. The summed E-state index contributed by atoms with van der Waals surface area (Å²) in [6, 6.07) is -0.941. The minimum Gasteiger partial charge on any atom is -0.394 e. The number of hydrogen-bond donors (Lipinski definition) is 9. The van der Waals surface area contributed by atoms with Crippen LogP contribution in [0.25, 0.3) is 0 Å². The van der Waals surface area contributed by atoms with Crippen LogP contribution in [0.4, 0.5) is 0 Å². The molecule has 12 unspecified atom stereocenters. The van der Waals surface area contributed by atoms with Gasteiger partial charge in [-0.25, -0.2) is 0 Å². The number of hydrogen-bond acceptors (Lipinski definition) is 13. The van der Waals surface area contributed by atoms with Crippen molar-refractivity contribution in [3.05, 3.63) is 122 Å². The van der Waals surface area contributed by atoms with Gasteiger partial charge in [0.05, 0.1) is 32.0 Å². The van der Waals surface area contributed by atoms with E-state index >= 15 is 0 Å². The van der Waals surface area contributed by atoms with Crippen molar-refractivity contribution in [2.75, 3.05) is 19.8 Å². The summed E-state index contributed by atoms with van der Waals surface area (Å²) < 4.78 is 22.7. The molecule has 2 rings (SSSR count). The molecule has 9 N–H and O–H groups in total. The van der Waals surface area contributed by atoms with Crippen LogP contribution in [0.5, 0.6) is 0 Å². The molecular weight excluding hydrogens is 1090 g/mol. The molecule has 492 valence electrons. The van der Waals surface area contributed by atoms with E-state index in [9.17, 15) is 45.6 Å². The van der Waals surface area contributed by atoms with Gasteiger partial charge in [-0.15, -0.1) is 0 Å². The van der Waals surface area contributed by atoms with Crippen molar-refractivity contribution in [3.8, 4) is 0 Å². The van der Waals surface area contributed by atoms with E-state index in [0.29, 0.717) is 12.8 Å². The molecule has 1 amide bonds. The summed E-state index contributed by atoms with van der Waals surface area (Å²) in [5.74, 6) is -0.257. The van der Waals surface area contributed by atoms with Gasteiger partial charge in [-0.2, -0.15) is 0 Å². The van der Waals surface area contributed by atoms with Crippen molar-refractivity contribution in [1.29, 1.82) is 0 Å². The van der Waals surface area contributed by atoms with Crippen molar-refractivity contribution in [1.82, 2.24) is 5.32 Å². The van der Waals surface area contributed by atoms with Gasteiger partial charge in [-0.3, -0.25) is 4.79 Å². The summed E-state index contributed by atoms with van der Waals surface area (Å²) in [5, 5.41) is 87.0.